The topological polar surface area (TPSA) is 36.5 Å². The lowest BCUT2D eigenvalue weighted by atomic mass is 9.73. The number of rotatable bonds is 8. The second-order valence-corrected chi connectivity index (χ2v) is 21.8. The first-order valence-electron chi connectivity index (χ1n) is 26.2. The van der Waals surface area contributed by atoms with Gasteiger partial charge in [0.25, 0.3) is 0 Å². The molecule has 1 aliphatic heterocycles. The van der Waals surface area contributed by atoms with E-state index in [0.29, 0.717) is 0 Å². The van der Waals surface area contributed by atoms with Gasteiger partial charge in [-0.1, -0.05) is 192 Å². The molecule has 3 heterocycles. The maximum Gasteiger partial charge on any atom is 0.494 e. The summed E-state index contributed by atoms with van der Waals surface area (Å²) in [6.07, 6.45) is 0. The van der Waals surface area contributed by atoms with Gasteiger partial charge in [-0.3, -0.25) is 0 Å². The summed E-state index contributed by atoms with van der Waals surface area (Å²) in [4.78, 5) is 0. The van der Waals surface area contributed by atoms with E-state index >= 15 is 0 Å². The van der Waals surface area contributed by atoms with Crippen LogP contribution in [-0.4, -0.2) is 22.9 Å². The summed E-state index contributed by atoms with van der Waals surface area (Å²) in [5, 5.41) is 4.57. The van der Waals surface area contributed by atoms with Crippen molar-refractivity contribution in [2.75, 3.05) is 0 Å². The number of aryl methyl sites for hydroxylation is 4. The number of nitrogens with zero attached hydrogens (tertiary/aromatic N) is 1. The number of hydrogen-bond acceptors (Lipinski definition) is 3. The molecule has 1 aliphatic rings. The van der Waals surface area contributed by atoms with Gasteiger partial charge in [-0.25, -0.2) is 0 Å². The van der Waals surface area contributed by atoms with Gasteiger partial charge in [0.1, 0.15) is 11.2 Å². The van der Waals surface area contributed by atoms with Gasteiger partial charge in [0, 0.05) is 27.2 Å². The van der Waals surface area contributed by atoms with Crippen LogP contribution in [0, 0.1) is 27.7 Å². The number of para-hydroxylation sites is 2. The monoisotopic (exact) mass is 971 g/mol. The van der Waals surface area contributed by atoms with Crippen molar-refractivity contribution in [2.24, 2.45) is 0 Å². The van der Waals surface area contributed by atoms with E-state index in [2.05, 4.69) is 260 Å². The quantitative estimate of drug-likeness (QED) is 0.142. The lowest BCUT2D eigenvalue weighted by Crippen LogP contribution is -2.41. The summed E-state index contributed by atoms with van der Waals surface area (Å²) in [7, 11) is -0.495. The van der Waals surface area contributed by atoms with Crippen molar-refractivity contribution in [1.29, 1.82) is 0 Å². The number of fused-ring (bicyclic) bond motifs is 6. The van der Waals surface area contributed by atoms with Gasteiger partial charge in [0.05, 0.1) is 22.2 Å². The van der Waals surface area contributed by atoms with Gasteiger partial charge >= 0.3 is 7.12 Å². The van der Waals surface area contributed by atoms with Gasteiger partial charge in [0.15, 0.2) is 0 Å². The Labute approximate surface area is 440 Å². The molecule has 0 atom stereocenters. The zero-order chi connectivity index (χ0) is 51.3. The standard InChI is InChI=1S/C70H58BNO3/c1-43-35-44(2)38-51(37-43)67-63(47-19-11-9-12-20-47)64(48-21-13-10-14-22-48)68(52-39-45(3)36-46(4)40-52)66(65(67)49-27-31-53(32-28-49)71-74-69(5,6)70(7,8)75-71)50-29-33-54(34-30-50)72-59-25-17-15-23-55(59)57-42-62-58(41-60(57)72)56-24-16-18-26-61(56)73-62/h9-42H,1-8H3. The Kier molecular flexibility index (Phi) is 11.0. The maximum atomic E-state index is 6.65. The van der Waals surface area contributed by atoms with E-state index in [1.807, 2.05) is 6.07 Å². The van der Waals surface area contributed by atoms with Crippen molar-refractivity contribution >= 4 is 56.3 Å². The first kappa shape index (κ1) is 46.6. The van der Waals surface area contributed by atoms with Crippen LogP contribution >= 0.6 is 0 Å². The van der Waals surface area contributed by atoms with Crippen molar-refractivity contribution in [3.05, 3.63) is 229 Å². The molecule has 2 aromatic heterocycles. The van der Waals surface area contributed by atoms with Gasteiger partial charge in [-0.2, -0.15) is 0 Å². The molecule has 5 heteroatoms. The maximum absolute atomic E-state index is 6.65. The molecule has 12 aromatic rings. The molecule has 0 N–H and O–H groups in total. The molecule has 75 heavy (non-hydrogen) atoms. The fourth-order valence-electron chi connectivity index (χ4n) is 12.0. The van der Waals surface area contributed by atoms with E-state index < -0.39 is 18.3 Å². The van der Waals surface area contributed by atoms with Gasteiger partial charge in [0.2, 0.25) is 0 Å². The summed E-state index contributed by atoms with van der Waals surface area (Å²) in [5.41, 5.74) is 24.0. The van der Waals surface area contributed by atoms with Crippen LogP contribution in [0.1, 0.15) is 49.9 Å². The number of benzene rings is 10. The van der Waals surface area contributed by atoms with Crippen molar-refractivity contribution in [3.63, 3.8) is 0 Å². The van der Waals surface area contributed by atoms with Crippen molar-refractivity contribution in [2.45, 2.75) is 66.6 Å². The summed E-state index contributed by atoms with van der Waals surface area (Å²) in [6, 6.07) is 76.1. The third kappa shape index (κ3) is 7.84. The van der Waals surface area contributed by atoms with E-state index in [-0.39, 0.29) is 0 Å². The van der Waals surface area contributed by atoms with E-state index in [4.69, 9.17) is 13.7 Å². The third-order valence-corrected chi connectivity index (χ3v) is 16.0. The van der Waals surface area contributed by atoms with Crippen LogP contribution in [0.2, 0.25) is 0 Å². The molecular formula is C70H58BNO3. The first-order valence-corrected chi connectivity index (χ1v) is 26.2. The van der Waals surface area contributed by atoms with Crippen LogP contribution in [-0.2, 0) is 9.31 Å². The Morgan fingerprint density at radius 3 is 1.28 bits per heavy atom. The van der Waals surface area contributed by atoms with Gasteiger partial charge in [-0.05, 0) is 164 Å². The summed E-state index contributed by atoms with van der Waals surface area (Å²) in [5.74, 6) is 0. The van der Waals surface area contributed by atoms with Gasteiger partial charge in [-0.15, -0.1) is 0 Å². The molecule has 0 bridgehead atoms. The zero-order valence-electron chi connectivity index (χ0n) is 43.9. The molecule has 1 saturated heterocycles. The highest BCUT2D eigenvalue weighted by Gasteiger charge is 2.51. The SMILES string of the molecule is Cc1cc(C)cc(-c2c(-c3ccccc3)c(-c3ccccc3)c(-c3cc(C)cc(C)c3)c(-c3ccc(-n4c5ccccc5c5cc6oc7ccccc7c6cc54)cc3)c2-c2ccc(B3OC(C)(C)C(C)(C)O3)cc2)c1. The Balaban J connectivity index is 1.15. The van der Waals surface area contributed by atoms with Crippen LogP contribution in [0.15, 0.2) is 211 Å². The van der Waals surface area contributed by atoms with Crippen molar-refractivity contribution < 1.29 is 13.7 Å². The highest BCUT2D eigenvalue weighted by atomic mass is 16.7. The first-order chi connectivity index (χ1) is 36.3. The zero-order valence-corrected chi connectivity index (χ0v) is 43.9. The lowest BCUT2D eigenvalue weighted by Gasteiger charge is -2.32. The molecule has 0 spiro atoms. The molecule has 4 nitrogen and oxygen atoms in total. The molecule has 0 saturated carbocycles. The van der Waals surface area contributed by atoms with E-state index in [9.17, 15) is 0 Å². The molecule has 10 aromatic carbocycles. The second kappa shape index (κ2) is 17.7. The highest BCUT2D eigenvalue weighted by Crippen LogP contribution is 2.56. The minimum Gasteiger partial charge on any atom is -0.456 e. The Hall–Kier alpha value is -8.22. The largest absolute Gasteiger partial charge is 0.494 e. The third-order valence-electron chi connectivity index (χ3n) is 16.0. The highest BCUT2D eigenvalue weighted by molar-refractivity contribution is 6.62. The van der Waals surface area contributed by atoms with Crippen molar-refractivity contribution in [1.82, 2.24) is 4.57 Å². The smallest absolute Gasteiger partial charge is 0.456 e. The van der Waals surface area contributed by atoms with Crippen LogP contribution < -0.4 is 5.46 Å². The minimum atomic E-state index is -0.495. The predicted octanol–water partition coefficient (Wildman–Crippen LogP) is 18.2. The molecule has 0 amide bonds. The van der Waals surface area contributed by atoms with E-state index in [1.165, 1.54) is 61.0 Å². The molecule has 13 rings (SSSR count). The normalized spacial score (nSPS) is 14.2. The summed E-state index contributed by atoms with van der Waals surface area (Å²) < 4.78 is 22.2. The Morgan fingerprint density at radius 1 is 0.333 bits per heavy atom. The Bertz CT molecular complexity index is 4140. The second-order valence-electron chi connectivity index (χ2n) is 21.8. The fraction of sp³-hybridized carbons (Fsp3) is 0.143. The van der Waals surface area contributed by atoms with Crippen LogP contribution in [0.4, 0.5) is 0 Å². The van der Waals surface area contributed by atoms with Gasteiger partial charge < -0.3 is 18.3 Å². The van der Waals surface area contributed by atoms with Crippen molar-refractivity contribution in [3.8, 4) is 72.4 Å². The summed E-state index contributed by atoms with van der Waals surface area (Å²) >= 11 is 0. The number of aromatic nitrogens is 1. The Morgan fingerprint density at radius 2 is 0.760 bits per heavy atom. The molecule has 1 fully saturated rings. The molecule has 0 aliphatic carbocycles. The van der Waals surface area contributed by atoms with Crippen LogP contribution in [0.5, 0.6) is 0 Å². The van der Waals surface area contributed by atoms with E-state index in [1.54, 1.807) is 0 Å². The molecule has 0 radical (unpaired) electrons. The molecule has 0 unspecified atom stereocenters. The van der Waals surface area contributed by atoms with Crippen LogP contribution in [0.25, 0.3) is 116 Å². The predicted molar refractivity (Wildman–Crippen MR) is 315 cm³/mol. The van der Waals surface area contributed by atoms with Crippen LogP contribution in [0.3, 0.4) is 0 Å². The van der Waals surface area contributed by atoms with E-state index in [0.717, 1.165) is 82.9 Å². The number of furan rings is 1. The average molecular weight is 972 g/mol. The molecular weight excluding hydrogens is 914 g/mol. The lowest BCUT2D eigenvalue weighted by molar-refractivity contribution is 0.00578. The fourth-order valence-corrected chi connectivity index (χ4v) is 12.0. The molecule has 364 valence electrons. The number of hydrogen-bond donors (Lipinski definition) is 0. The summed E-state index contributed by atoms with van der Waals surface area (Å²) in [6.45, 7) is 17.3. The average Bonchev–Trinajstić information content (AvgIpc) is 4.01. The minimum absolute atomic E-state index is 0.469.